The number of carbonyl (C=O) groups excluding carboxylic acids is 4. The van der Waals surface area contributed by atoms with E-state index in [0.29, 0.717) is 22.6 Å². The fourth-order valence-corrected chi connectivity index (χ4v) is 2.52. The maximum Gasteiger partial charge on any atom is 0.344 e. The number of furan rings is 1. The number of barbiturate groups is 1. The zero-order valence-electron chi connectivity index (χ0n) is 13.0. The van der Waals surface area contributed by atoms with Gasteiger partial charge >= 0.3 is 12.0 Å². The van der Waals surface area contributed by atoms with Crippen LogP contribution in [0, 0.1) is 0 Å². The summed E-state index contributed by atoms with van der Waals surface area (Å²) >= 11 is 0. The maximum absolute atomic E-state index is 11.7. The van der Waals surface area contributed by atoms with Gasteiger partial charge < -0.3 is 13.9 Å². The molecule has 0 unspecified atom stereocenters. The quantitative estimate of drug-likeness (QED) is 0.472. The summed E-state index contributed by atoms with van der Waals surface area (Å²) in [5, 5.41) is 3.95. The Kier molecular flexibility index (Phi) is 3.54. The zero-order valence-corrected chi connectivity index (χ0v) is 13.0. The molecule has 1 fully saturated rings. The Balaban J connectivity index is 1.64. The van der Waals surface area contributed by atoms with E-state index in [1.54, 1.807) is 30.3 Å². The number of benzene rings is 1. The van der Waals surface area contributed by atoms with Crippen LogP contribution < -0.4 is 15.4 Å². The average molecular weight is 354 g/mol. The summed E-state index contributed by atoms with van der Waals surface area (Å²) < 4.78 is 15.7. The van der Waals surface area contributed by atoms with Crippen LogP contribution in [0.15, 0.2) is 40.3 Å². The third-order valence-electron chi connectivity index (χ3n) is 3.75. The Morgan fingerprint density at radius 2 is 1.69 bits per heavy atom. The molecule has 2 aliphatic rings. The number of hydrogen-bond acceptors (Lipinski definition) is 7. The molecule has 1 saturated heterocycles. The summed E-state index contributed by atoms with van der Waals surface area (Å²) in [5.74, 6) is -1.02. The van der Waals surface area contributed by atoms with Crippen LogP contribution in [0.3, 0.4) is 0 Å². The molecule has 0 aliphatic carbocycles. The number of nitrogens with one attached hydrogen (secondary N) is 2. The van der Waals surface area contributed by atoms with Crippen LogP contribution in [0.1, 0.15) is 16.1 Å². The van der Waals surface area contributed by atoms with E-state index in [4.69, 9.17) is 13.9 Å². The number of imide groups is 2. The van der Waals surface area contributed by atoms with E-state index in [9.17, 15) is 19.2 Å². The summed E-state index contributed by atoms with van der Waals surface area (Å²) in [6.07, 6.45) is 1.23. The molecule has 2 N–H and O–H groups in total. The number of rotatable bonds is 2. The molecule has 1 aromatic heterocycles. The monoisotopic (exact) mass is 354 g/mol. The van der Waals surface area contributed by atoms with E-state index < -0.39 is 23.8 Å². The molecule has 0 spiro atoms. The van der Waals surface area contributed by atoms with Crippen LogP contribution in [-0.2, 0) is 14.3 Å². The van der Waals surface area contributed by atoms with Gasteiger partial charge in [0.25, 0.3) is 11.8 Å². The van der Waals surface area contributed by atoms with Crippen molar-refractivity contribution in [1.29, 1.82) is 0 Å². The van der Waals surface area contributed by atoms with Gasteiger partial charge in [0.05, 0.1) is 0 Å². The number of cyclic esters (lactones) is 1. The fraction of sp³-hybridized carbons (Fsp3) is 0.0588. The molecular formula is C17H10N2O7. The zero-order chi connectivity index (χ0) is 18.3. The highest BCUT2D eigenvalue weighted by atomic mass is 16.7. The predicted octanol–water partition coefficient (Wildman–Crippen LogP) is 1.20. The molecule has 4 amide bonds. The molecule has 0 saturated carbocycles. The first-order chi connectivity index (χ1) is 12.5. The van der Waals surface area contributed by atoms with Gasteiger partial charge in [0.1, 0.15) is 28.4 Å². The molecule has 2 aromatic rings. The van der Waals surface area contributed by atoms with Crippen molar-refractivity contribution >= 4 is 29.9 Å². The first-order valence-corrected chi connectivity index (χ1v) is 7.44. The summed E-state index contributed by atoms with van der Waals surface area (Å²) in [6, 6.07) is 7.17. The minimum absolute atomic E-state index is 0.159. The SMILES string of the molecule is O=C1NC(=O)C(=Cc2ccc(-c3ccc4c(c3)OCOC4=O)o2)C(=O)N1. The minimum Gasteiger partial charge on any atom is -0.457 e. The molecule has 0 atom stereocenters. The molecule has 9 heteroatoms. The Labute approximate surface area is 145 Å². The minimum atomic E-state index is -0.870. The second-order valence-corrected chi connectivity index (χ2v) is 5.40. The number of carbonyl (C=O) groups is 4. The molecule has 2 aliphatic heterocycles. The average Bonchev–Trinajstić information content (AvgIpc) is 3.07. The number of esters is 1. The number of urea groups is 1. The van der Waals surface area contributed by atoms with Gasteiger partial charge in [-0.1, -0.05) is 6.07 Å². The summed E-state index contributed by atoms with van der Waals surface area (Å²) in [7, 11) is 0. The van der Waals surface area contributed by atoms with Gasteiger partial charge in [-0.25, -0.2) is 9.59 Å². The van der Waals surface area contributed by atoms with Crippen molar-refractivity contribution in [3.05, 3.63) is 47.2 Å². The number of hydrogen-bond donors (Lipinski definition) is 2. The van der Waals surface area contributed by atoms with Crippen molar-refractivity contribution in [3.63, 3.8) is 0 Å². The van der Waals surface area contributed by atoms with Gasteiger partial charge in [-0.15, -0.1) is 0 Å². The molecule has 9 nitrogen and oxygen atoms in total. The molecule has 1 aromatic carbocycles. The number of amides is 4. The molecule has 0 bridgehead atoms. The topological polar surface area (TPSA) is 124 Å². The molecule has 4 rings (SSSR count). The fourth-order valence-electron chi connectivity index (χ4n) is 2.52. The molecule has 3 heterocycles. The Morgan fingerprint density at radius 3 is 2.46 bits per heavy atom. The van der Waals surface area contributed by atoms with Gasteiger partial charge in [-0.3, -0.25) is 20.2 Å². The standard InChI is InChI=1S/C17H10N2O7/c20-14-11(15(21)19-17(23)18-14)6-9-2-4-12(26-9)8-1-3-10-13(5-8)24-7-25-16(10)22/h1-6H,7H2,(H2,18,19,20,21,23). The third kappa shape index (κ3) is 2.71. The van der Waals surface area contributed by atoms with Crippen molar-refractivity contribution in [2.75, 3.05) is 6.79 Å². The highest BCUT2D eigenvalue weighted by Gasteiger charge is 2.28. The van der Waals surface area contributed by atoms with Crippen LogP contribution >= 0.6 is 0 Å². The van der Waals surface area contributed by atoms with Crippen molar-refractivity contribution in [3.8, 4) is 17.1 Å². The number of ether oxygens (including phenoxy) is 2. The normalized spacial score (nSPS) is 16.2. The largest absolute Gasteiger partial charge is 0.457 e. The summed E-state index contributed by atoms with van der Waals surface area (Å²) in [4.78, 5) is 46.1. The van der Waals surface area contributed by atoms with Crippen LogP contribution in [0.25, 0.3) is 17.4 Å². The smallest absolute Gasteiger partial charge is 0.344 e. The lowest BCUT2D eigenvalue weighted by atomic mass is 10.1. The molecule has 0 radical (unpaired) electrons. The van der Waals surface area contributed by atoms with Gasteiger partial charge in [0.15, 0.2) is 0 Å². The lowest BCUT2D eigenvalue weighted by molar-refractivity contribution is -0.123. The van der Waals surface area contributed by atoms with Gasteiger partial charge in [-0.2, -0.15) is 0 Å². The predicted molar refractivity (Wildman–Crippen MR) is 84.7 cm³/mol. The highest BCUT2D eigenvalue weighted by Crippen LogP contribution is 2.31. The van der Waals surface area contributed by atoms with E-state index in [2.05, 4.69) is 0 Å². The van der Waals surface area contributed by atoms with Gasteiger partial charge in [-0.05, 0) is 30.3 Å². The van der Waals surface area contributed by atoms with E-state index in [1.165, 1.54) is 6.08 Å². The molecular weight excluding hydrogens is 344 g/mol. The second kappa shape index (κ2) is 5.88. The van der Waals surface area contributed by atoms with Crippen LogP contribution in [-0.4, -0.2) is 30.6 Å². The van der Waals surface area contributed by atoms with E-state index in [-0.39, 0.29) is 18.1 Å². The van der Waals surface area contributed by atoms with Crippen molar-refractivity contribution in [2.45, 2.75) is 0 Å². The van der Waals surface area contributed by atoms with Crippen molar-refractivity contribution in [1.82, 2.24) is 10.6 Å². The van der Waals surface area contributed by atoms with E-state index >= 15 is 0 Å². The van der Waals surface area contributed by atoms with Crippen molar-refractivity contribution in [2.24, 2.45) is 0 Å². The Morgan fingerprint density at radius 1 is 0.923 bits per heavy atom. The summed E-state index contributed by atoms with van der Waals surface area (Å²) in [6.45, 7) is -0.159. The lowest BCUT2D eigenvalue weighted by Gasteiger charge is -2.16. The van der Waals surface area contributed by atoms with Gasteiger partial charge in [0.2, 0.25) is 6.79 Å². The number of fused-ring (bicyclic) bond motifs is 1. The van der Waals surface area contributed by atoms with E-state index in [1.807, 2.05) is 10.6 Å². The van der Waals surface area contributed by atoms with Gasteiger partial charge in [0, 0.05) is 5.56 Å². The Hall–Kier alpha value is -3.88. The molecule has 130 valence electrons. The van der Waals surface area contributed by atoms with Crippen LogP contribution in [0.4, 0.5) is 4.79 Å². The maximum atomic E-state index is 11.7. The summed E-state index contributed by atoms with van der Waals surface area (Å²) in [5.41, 5.74) is 0.701. The van der Waals surface area contributed by atoms with Crippen molar-refractivity contribution < 1.29 is 33.1 Å². The van der Waals surface area contributed by atoms with E-state index in [0.717, 1.165) is 0 Å². The highest BCUT2D eigenvalue weighted by molar-refractivity contribution is 6.31. The first kappa shape index (κ1) is 15.6. The third-order valence-corrected chi connectivity index (χ3v) is 3.75. The molecule has 26 heavy (non-hydrogen) atoms. The van der Waals surface area contributed by atoms with Crippen LogP contribution in [0.5, 0.6) is 5.75 Å². The second-order valence-electron chi connectivity index (χ2n) is 5.40. The lowest BCUT2D eigenvalue weighted by Crippen LogP contribution is -2.51. The van der Waals surface area contributed by atoms with Crippen LogP contribution in [0.2, 0.25) is 0 Å². The first-order valence-electron chi connectivity index (χ1n) is 7.44. The Bertz CT molecular complexity index is 980.